The number of carbonyl (C=O) groups is 2. The van der Waals surface area contributed by atoms with Gasteiger partial charge in [-0.25, -0.2) is 4.79 Å². The minimum absolute atomic E-state index is 0.0598. The van der Waals surface area contributed by atoms with E-state index in [0.29, 0.717) is 15.3 Å². The van der Waals surface area contributed by atoms with Crippen LogP contribution < -0.4 is 0 Å². The van der Waals surface area contributed by atoms with Gasteiger partial charge in [0.15, 0.2) is 5.78 Å². The third-order valence-electron chi connectivity index (χ3n) is 2.99. The van der Waals surface area contributed by atoms with Gasteiger partial charge < -0.3 is 4.74 Å². The Bertz CT molecular complexity index is 737. The molecule has 0 fully saturated rings. The number of Topliss-reactive ketones (excluding diaryl/α,β-unsaturated/α-hetero) is 1. The second-order valence-electron chi connectivity index (χ2n) is 4.62. The molecule has 0 spiro atoms. The highest BCUT2D eigenvalue weighted by molar-refractivity contribution is 7.15. The molecule has 0 N–H and O–H groups in total. The molecule has 0 amide bonds. The number of hydrogen-bond donors (Lipinski definition) is 0. The Labute approximate surface area is 130 Å². The molecule has 1 atom stereocenters. The molecule has 0 unspecified atom stereocenters. The topological polar surface area (TPSA) is 86.5 Å². The summed E-state index contributed by atoms with van der Waals surface area (Å²) in [5.41, 5.74) is 0.473. The van der Waals surface area contributed by atoms with Crippen LogP contribution in [0.15, 0.2) is 36.4 Å². The molecular formula is C15H13NO5S. The Kier molecular flexibility index (Phi) is 4.67. The smallest absolute Gasteiger partial charge is 0.348 e. The summed E-state index contributed by atoms with van der Waals surface area (Å²) in [5, 5.41) is 10.8. The predicted molar refractivity (Wildman–Crippen MR) is 81.3 cm³/mol. The van der Waals surface area contributed by atoms with Crippen LogP contribution in [0.1, 0.15) is 44.9 Å². The van der Waals surface area contributed by atoms with Crippen LogP contribution >= 0.6 is 11.3 Å². The lowest BCUT2D eigenvalue weighted by Gasteiger charge is -2.12. The number of nitro benzene ring substituents is 1. The Morgan fingerprint density at radius 1 is 1.23 bits per heavy atom. The molecule has 2 aromatic rings. The van der Waals surface area contributed by atoms with Gasteiger partial charge >= 0.3 is 5.97 Å². The summed E-state index contributed by atoms with van der Waals surface area (Å²) in [6, 6.07) is 9.03. The van der Waals surface area contributed by atoms with Crippen molar-refractivity contribution in [3.63, 3.8) is 0 Å². The maximum Gasteiger partial charge on any atom is 0.348 e. The third kappa shape index (κ3) is 3.56. The molecule has 2 rings (SSSR count). The summed E-state index contributed by atoms with van der Waals surface area (Å²) in [7, 11) is 0. The van der Waals surface area contributed by atoms with E-state index in [1.165, 1.54) is 31.2 Å². The van der Waals surface area contributed by atoms with Gasteiger partial charge in [0.25, 0.3) is 5.69 Å². The van der Waals surface area contributed by atoms with E-state index in [1.54, 1.807) is 19.1 Å². The first-order valence-corrected chi connectivity index (χ1v) is 7.26. The fourth-order valence-electron chi connectivity index (χ4n) is 1.81. The number of non-ortho nitro benzene ring substituents is 1. The number of thiophene rings is 1. The van der Waals surface area contributed by atoms with Crippen molar-refractivity contribution >= 4 is 28.8 Å². The number of benzene rings is 1. The van der Waals surface area contributed by atoms with Crippen molar-refractivity contribution in [2.24, 2.45) is 0 Å². The normalized spacial score (nSPS) is 11.7. The minimum Gasteiger partial charge on any atom is -0.454 e. The molecule has 0 saturated carbocycles. The molecular weight excluding hydrogens is 306 g/mol. The SMILES string of the molecule is CC(=O)c1ccc(C(=O)O[C@@H](C)c2cccc([N+](=O)[O-])c2)s1. The van der Waals surface area contributed by atoms with Crippen LogP contribution in [0.2, 0.25) is 0 Å². The zero-order chi connectivity index (χ0) is 16.3. The second-order valence-corrected chi connectivity index (χ2v) is 5.70. The molecule has 0 aliphatic rings. The molecule has 0 saturated heterocycles. The molecule has 22 heavy (non-hydrogen) atoms. The van der Waals surface area contributed by atoms with E-state index in [1.807, 2.05) is 0 Å². The number of ketones is 1. The Morgan fingerprint density at radius 2 is 1.91 bits per heavy atom. The van der Waals surface area contributed by atoms with Crippen molar-refractivity contribution in [1.82, 2.24) is 0 Å². The van der Waals surface area contributed by atoms with Gasteiger partial charge in [0.1, 0.15) is 11.0 Å². The van der Waals surface area contributed by atoms with Crippen LogP contribution in [-0.4, -0.2) is 16.7 Å². The van der Waals surface area contributed by atoms with Crippen LogP contribution in [0.3, 0.4) is 0 Å². The summed E-state index contributed by atoms with van der Waals surface area (Å²) in [4.78, 5) is 34.3. The molecule has 0 radical (unpaired) electrons. The molecule has 1 aromatic heterocycles. The summed E-state index contributed by atoms with van der Waals surface area (Å²) in [6.45, 7) is 3.06. The summed E-state index contributed by atoms with van der Waals surface area (Å²) in [6.07, 6.45) is -0.629. The first-order valence-electron chi connectivity index (χ1n) is 6.44. The van der Waals surface area contributed by atoms with Crippen LogP contribution in [-0.2, 0) is 4.74 Å². The van der Waals surface area contributed by atoms with Crippen molar-refractivity contribution in [2.75, 3.05) is 0 Å². The third-order valence-corrected chi connectivity index (χ3v) is 4.15. The van der Waals surface area contributed by atoms with E-state index in [2.05, 4.69) is 0 Å². The molecule has 1 heterocycles. The predicted octanol–water partition coefficient (Wildman–Crippen LogP) is 3.78. The quantitative estimate of drug-likeness (QED) is 0.362. The van der Waals surface area contributed by atoms with Crippen LogP contribution in [0.4, 0.5) is 5.69 Å². The number of hydrogen-bond acceptors (Lipinski definition) is 6. The molecule has 114 valence electrons. The van der Waals surface area contributed by atoms with Crippen LogP contribution in [0.25, 0.3) is 0 Å². The highest BCUT2D eigenvalue weighted by Gasteiger charge is 2.18. The van der Waals surface area contributed by atoms with E-state index >= 15 is 0 Å². The summed E-state index contributed by atoms with van der Waals surface area (Å²) < 4.78 is 5.29. The first kappa shape index (κ1) is 15.8. The molecule has 0 aliphatic carbocycles. The largest absolute Gasteiger partial charge is 0.454 e. The molecule has 6 nitrogen and oxygen atoms in total. The number of ether oxygens (including phenoxy) is 1. The van der Waals surface area contributed by atoms with Crippen molar-refractivity contribution in [3.8, 4) is 0 Å². The Balaban J connectivity index is 2.12. The maximum absolute atomic E-state index is 12.0. The van der Waals surface area contributed by atoms with Crippen LogP contribution in [0.5, 0.6) is 0 Å². The van der Waals surface area contributed by atoms with Crippen LogP contribution in [0, 0.1) is 10.1 Å². The number of esters is 1. The number of carbonyl (C=O) groups excluding carboxylic acids is 2. The highest BCUT2D eigenvalue weighted by atomic mass is 32.1. The zero-order valence-electron chi connectivity index (χ0n) is 11.9. The minimum atomic E-state index is -0.629. The summed E-state index contributed by atoms with van der Waals surface area (Å²) in [5.74, 6) is -0.674. The lowest BCUT2D eigenvalue weighted by Crippen LogP contribution is -2.08. The Morgan fingerprint density at radius 3 is 2.50 bits per heavy atom. The molecule has 0 aliphatic heterocycles. The van der Waals surface area contributed by atoms with Gasteiger partial charge in [-0.05, 0) is 31.5 Å². The van der Waals surface area contributed by atoms with Gasteiger partial charge in [-0.15, -0.1) is 11.3 Å². The zero-order valence-corrected chi connectivity index (χ0v) is 12.8. The first-order chi connectivity index (χ1) is 10.4. The number of rotatable bonds is 5. The number of nitro groups is 1. The monoisotopic (exact) mass is 319 g/mol. The van der Waals surface area contributed by atoms with Crippen molar-refractivity contribution in [2.45, 2.75) is 20.0 Å². The van der Waals surface area contributed by atoms with E-state index < -0.39 is 17.0 Å². The lowest BCUT2D eigenvalue weighted by atomic mass is 10.1. The lowest BCUT2D eigenvalue weighted by molar-refractivity contribution is -0.385. The average molecular weight is 319 g/mol. The van der Waals surface area contributed by atoms with Gasteiger partial charge in [-0.2, -0.15) is 0 Å². The van der Waals surface area contributed by atoms with Crippen molar-refractivity contribution in [3.05, 3.63) is 61.8 Å². The fraction of sp³-hybridized carbons (Fsp3) is 0.200. The molecule has 1 aromatic carbocycles. The average Bonchev–Trinajstić information content (AvgIpc) is 2.97. The number of nitrogens with zero attached hydrogens (tertiary/aromatic N) is 1. The van der Waals surface area contributed by atoms with Gasteiger partial charge in [0.2, 0.25) is 0 Å². The fourth-order valence-corrected chi connectivity index (χ4v) is 2.60. The van der Waals surface area contributed by atoms with Gasteiger partial charge in [0, 0.05) is 12.1 Å². The van der Waals surface area contributed by atoms with Gasteiger partial charge in [-0.1, -0.05) is 12.1 Å². The molecule has 7 heteroatoms. The molecule has 0 bridgehead atoms. The Hall–Kier alpha value is -2.54. The standard InChI is InChI=1S/C15H13NO5S/c1-9(17)13-6-7-14(22-13)15(18)21-10(2)11-4-3-5-12(8-11)16(19)20/h3-8,10H,1-2H3/t10-/m0/s1. The van der Waals surface area contributed by atoms with Crippen molar-refractivity contribution in [1.29, 1.82) is 0 Å². The maximum atomic E-state index is 12.0. The second kappa shape index (κ2) is 6.48. The van der Waals surface area contributed by atoms with E-state index in [-0.39, 0.29) is 11.5 Å². The summed E-state index contributed by atoms with van der Waals surface area (Å²) >= 11 is 1.06. The van der Waals surface area contributed by atoms with E-state index in [0.717, 1.165) is 11.3 Å². The van der Waals surface area contributed by atoms with Crippen molar-refractivity contribution < 1.29 is 19.2 Å². The van der Waals surface area contributed by atoms with Gasteiger partial charge in [-0.3, -0.25) is 14.9 Å². The van der Waals surface area contributed by atoms with Gasteiger partial charge in [0.05, 0.1) is 9.80 Å². The van der Waals surface area contributed by atoms with E-state index in [9.17, 15) is 19.7 Å². The highest BCUT2D eigenvalue weighted by Crippen LogP contribution is 2.25. The van der Waals surface area contributed by atoms with E-state index in [4.69, 9.17) is 4.74 Å².